The van der Waals surface area contributed by atoms with Crippen LogP contribution in [0.3, 0.4) is 0 Å². The average molecular weight is 513 g/mol. The highest BCUT2D eigenvalue weighted by atomic mass is 32.1. The van der Waals surface area contributed by atoms with Crippen LogP contribution in [0.1, 0.15) is 85.9 Å². The van der Waals surface area contributed by atoms with Crippen molar-refractivity contribution in [3.8, 4) is 0 Å². The predicted octanol–water partition coefficient (Wildman–Crippen LogP) is 8.32. The molecule has 10 atom stereocenters. The van der Waals surface area contributed by atoms with Crippen molar-refractivity contribution in [1.29, 1.82) is 0 Å². The summed E-state index contributed by atoms with van der Waals surface area (Å²) in [5.74, 6) is 1.84. The normalized spacial score (nSPS) is 43.2. The van der Waals surface area contributed by atoms with Gasteiger partial charge in [-0.25, -0.2) is 0 Å². The van der Waals surface area contributed by atoms with Gasteiger partial charge in [0.2, 0.25) is 0 Å². The molecule has 0 nitrogen and oxygen atoms in total. The van der Waals surface area contributed by atoms with Crippen LogP contribution in [0.15, 0.2) is 29.9 Å². The number of hydrogen-bond donors (Lipinski definition) is 0. The molecule has 3 aliphatic rings. The van der Waals surface area contributed by atoms with E-state index in [0.717, 1.165) is 4.86 Å². The molecular weight excluding hydrogens is 466 g/mol. The van der Waals surface area contributed by atoms with Gasteiger partial charge in [0.1, 0.15) is 0 Å². The van der Waals surface area contributed by atoms with Crippen molar-refractivity contribution in [2.45, 2.75) is 87.2 Å². The Kier molecular flexibility index (Phi) is 6.15. The Labute approximate surface area is 219 Å². The van der Waals surface area contributed by atoms with Gasteiger partial charge in [-0.2, -0.15) is 0 Å². The lowest BCUT2D eigenvalue weighted by Crippen LogP contribution is -2.72. The third-order valence-corrected chi connectivity index (χ3v) is 14.2. The Morgan fingerprint density at radius 2 is 1.53 bits per heavy atom. The zero-order valence-electron chi connectivity index (χ0n) is 23.3. The number of aryl methyl sites for hydroxylation is 1. The summed E-state index contributed by atoms with van der Waals surface area (Å²) in [6, 6.07) is 4.58. The van der Waals surface area contributed by atoms with E-state index in [0.29, 0.717) is 29.3 Å². The molecule has 1 aromatic carbocycles. The number of hydrogen-bond acceptors (Lipinski definition) is 1. The summed E-state index contributed by atoms with van der Waals surface area (Å²) in [6.45, 7) is 32.1. The molecule has 4 rings (SSSR count). The molecule has 1 aromatic rings. The molecular formula is C31H46P2S. The maximum absolute atomic E-state index is 5.86. The van der Waals surface area contributed by atoms with Crippen LogP contribution >= 0.6 is 30.7 Å². The van der Waals surface area contributed by atoms with Gasteiger partial charge >= 0.3 is 0 Å². The highest BCUT2D eigenvalue weighted by molar-refractivity contribution is 7.80. The minimum absolute atomic E-state index is 0.0247. The van der Waals surface area contributed by atoms with E-state index in [1.807, 2.05) is 0 Å². The van der Waals surface area contributed by atoms with Gasteiger partial charge in [0, 0.05) is 10.5 Å². The van der Waals surface area contributed by atoms with Crippen LogP contribution in [0.25, 0.3) is 5.57 Å². The van der Waals surface area contributed by atoms with E-state index in [1.165, 1.54) is 38.7 Å². The first-order valence-corrected chi connectivity index (χ1v) is 14.7. The van der Waals surface area contributed by atoms with Gasteiger partial charge < -0.3 is 0 Å². The first-order valence-electron chi connectivity index (χ1n) is 13.0. The van der Waals surface area contributed by atoms with Crippen LogP contribution < -0.4 is 5.30 Å². The van der Waals surface area contributed by atoms with E-state index in [9.17, 15) is 0 Å². The second-order valence-corrected chi connectivity index (χ2v) is 15.0. The Balaban J connectivity index is 2.11. The van der Waals surface area contributed by atoms with E-state index in [1.54, 1.807) is 0 Å². The third-order valence-electron chi connectivity index (χ3n) is 12.5. The van der Waals surface area contributed by atoms with E-state index in [-0.39, 0.29) is 21.7 Å². The van der Waals surface area contributed by atoms with Crippen LogP contribution in [-0.4, -0.2) is 10.5 Å². The van der Waals surface area contributed by atoms with E-state index >= 15 is 0 Å². The lowest BCUT2D eigenvalue weighted by Gasteiger charge is -2.75. The molecule has 0 saturated heterocycles. The van der Waals surface area contributed by atoms with Crippen molar-refractivity contribution in [2.24, 2.45) is 39.9 Å². The van der Waals surface area contributed by atoms with E-state index in [4.69, 9.17) is 18.8 Å². The topological polar surface area (TPSA) is 0 Å². The fourth-order valence-corrected chi connectivity index (χ4v) is 11.8. The maximum Gasteiger partial charge on any atom is 0.0159 e. The van der Waals surface area contributed by atoms with Gasteiger partial charge in [0.25, 0.3) is 0 Å². The number of fused-ring (bicyclic) bond motifs is 3. The summed E-state index contributed by atoms with van der Waals surface area (Å²) in [5.41, 5.74) is 9.26. The van der Waals surface area contributed by atoms with Crippen LogP contribution in [0.5, 0.6) is 0 Å². The van der Waals surface area contributed by atoms with Crippen LogP contribution in [-0.2, 0) is 5.41 Å². The summed E-state index contributed by atoms with van der Waals surface area (Å²) < 4.78 is 0. The number of thiocarbonyl (C=S) groups is 1. The SMILES string of the molecule is C=C1c2c(P)ccc(C)c2C(C)(C)C2(C)C1C(C)C1(C)C(P)C(C(C)=S)=C(C)C(C)C1(C)C2C. The molecule has 3 heteroatoms. The largest absolute Gasteiger partial charge is 0.129 e. The molecule has 0 spiro atoms. The monoisotopic (exact) mass is 512 g/mol. The third kappa shape index (κ3) is 2.71. The average Bonchev–Trinajstić information content (AvgIpc) is 2.74. The Bertz CT molecular complexity index is 1140. The van der Waals surface area contributed by atoms with Gasteiger partial charge in [0.15, 0.2) is 0 Å². The van der Waals surface area contributed by atoms with Gasteiger partial charge in [-0.3, -0.25) is 0 Å². The quantitative estimate of drug-likeness (QED) is 0.269. The minimum Gasteiger partial charge on any atom is -0.129 e. The molecule has 10 unspecified atom stereocenters. The Morgan fingerprint density at radius 1 is 0.971 bits per heavy atom. The summed E-state index contributed by atoms with van der Waals surface area (Å²) in [6.07, 6.45) is 0. The standard InChI is InChI=1S/C31H46P2S/c1-15-13-14-22(32)24-17(3)26-19(5)30(11)27(33)23(20(6)34)16(2)18(4)29(30,10)21(7)31(26,12)28(8,9)25(15)24/h13-14,18-19,21,26-27H,3,32-33H2,1-2,4-12H3. The Morgan fingerprint density at radius 3 is 2.06 bits per heavy atom. The first-order chi connectivity index (χ1) is 15.4. The molecule has 186 valence electrons. The summed E-state index contributed by atoms with van der Waals surface area (Å²) in [7, 11) is 6.30. The van der Waals surface area contributed by atoms with Crippen molar-refractivity contribution in [1.82, 2.24) is 0 Å². The van der Waals surface area contributed by atoms with E-state index < -0.39 is 0 Å². The molecule has 0 aliphatic heterocycles. The number of rotatable bonds is 1. The highest BCUT2D eigenvalue weighted by Crippen LogP contribution is 2.78. The molecule has 1 saturated carbocycles. The van der Waals surface area contributed by atoms with Crippen molar-refractivity contribution in [3.63, 3.8) is 0 Å². The molecule has 0 bridgehead atoms. The zero-order valence-corrected chi connectivity index (χ0v) is 26.4. The van der Waals surface area contributed by atoms with Crippen molar-refractivity contribution >= 4 is 46.4 Å². The van der Waals surface area contributed by atoms with Gasteiger partial charge in [-0.05, 0) is 99.2 Å². The van der Waals surface area contributed by atoms with Gasteiger partial charge in [0.05, 0.1) is 0 Å². The van der Waals surface area contributed by atoms with Crippen molar-refractivity contribution in [2.75, 3.05) is 0 Å². The smallest absolute Gasteiger partial charge is 0.0159 e. The molecule has 3 aliphatic carbocycles. The molecule has 0 amide bonds. The van der Waals surface area contributed by atoms with Crippen LogP contribution in [0, 0.1) is 46.8 Å². The van der Waals surface area contributed by atoms with Crippen LogP contribution in [0.4, 0.5) is 0 Å². The molecule has 1 fully saturated rings. The lowest BCUT2D eigenvalue weighted by atomic mass is 9.29. The Hall–Kier alpha value is -0.350. The number of allylic oxidation sites excluding steroid dienone is 3. The highest BCUT2D eigenvalue weighted by Gasteiger charge is 2.73. The van der Waals surface area contributed by atoms with Crippen molar-refractivity contribution < 1.29 is 0 Å². The molecule has 0 N–H and O–H groups in total. The molecule has 0 radical (unpaired) electrons. The summed E-state index contributed by atoms with van der Waals surface area (Å²) in [4.78, 5) is 1.07. The molecule has 34 heavy (non-hydrogen) atoms. The summed E-state index contributed by atoms with van der Waals surface area (Å²) in [5, 5.41) is 1.30. The lowest BCUT2D eigenvalue weighted by molar-refractivity contribution is -0.204. The fraction of sp³-hybridized carbons (Fsp3) is 0.645. The first kappa shape index (κ1) is 26.7. The van der Waals surface area contributed by atoms with Crippen LogP contribution in [0.2, 0.25) is 0 Å². The molecule has 0 aromatic heterocycles. The fourth-order valence-electron chi connectivity index (χ4n) is 9.79. The van der Waals surface area contributed by atoms with Gasteiger partial charge in [-0.15, -0.1) is 18.5 Å². The van der Waals surface area contributed by atoms with Crippen molar-refractivity contribution in [3.05, 3.63) is 46.5 Å². The second-order valence-electron chi connectivity index (χ2n) is 13.1. The summed E-state index contributed by atoms with van der Waals surface area (Å²) >= 11 is 5.86. The number of benzene rings is 1. The molecule has 0 heterocycles. The van der Waals surface area contributed by atoms with Gasteiger partial charge in [-0.1, -0.05) is 91.9 Å². The zero-order chi connectivity index (χ0) is 25.9. The van der Waals surface area contributed by atoms with E-state index in [2.05, 4.69) is 107 Å². The minimum atomic E-state index is 0.0247. The maximum atomic E-state index is 5.86. The second kappa shape index (κ2) is 7.83. The predicted molar refractivity (Wildman–Crippen MR) is 162 cm³/mol.